The zero-order valence-corrected chi connectivity index (χ0v) is 18.6. The van der Waals surface area contributed by atoms with Crippen LogP contribution in [0.4, 0.5) is 5.82 Å². The molecule has 2 bridgehead atoms. The number of rotatable bonds is 4. The number of carbonyl (C=O) groups is 1. The minimum Gasteiger partial charge on any atom is -0.358 e. The molecule has 0 saturated carbocycles. The third-order valence-corrected chi connectivity index (χ3v) is 6.39. The number of nitrogens with zero attached hydrogens (tertiary/aromatic N) is 4. The maximum Gasteiger partial charge on any atom is 0.244 e. The van der Waals surface area contributed by atoms with Gasteiger partial charge < -0.3 is 10.6 Å². The van der Waals surface area contributed by atoms with Crippen LogP contribution in [-0.4, -0.2) is 64.1 Å². The molecule has 2 unspecified atom stereocenters. The van der Waals surface area contributed by atoms with E-state index in [1.807, 2.05) is 24.3 Å². The van der Waals surface area contributed by atoms with Gasteiger partial charge in [0.05, 0.1) is 18.2 Å². The third-order valence-electron chi connectivity index (χ3n) is 6.39. The van der Waals surface area contributed by atoms with Crippen molar-refractivity contribution in [2.75, 3.05) is 31.5 Å². The van der Waals surface area contributed by atoms with Crippen LogP contribution >= 0.6 is 0 Å². The Morgan fingerprint density at radius 1 is 1.13 bits per heavy atom. The van der Waals surface area contributed by atoms with Crippen molar-refractivity contribution in [2.24, 2.45) is 11.8 Å². The molecule has 0 aliphatic carbocycles. The first kappa shape index (κ1) is 21.0. The van der Waals surface area contributed by atoms with Crippen molar-refractivity contribution in [3.05, 3.63) is 30.1 Å². The average Bonchev–Trinajstić information content (AvgIpc) is 2.72. The van der Waals surface area contributed by atoms with Gasteiger partial charge in [-0.05, 0) is 24.0 Å². The van der Waals surface area contributed by atoms with E-state index in [9.17, 15) is 4.79 Å². The summed E-state index contributed by atoms with van der Waals surface area (Å²) in [6, 6.07) is 7.67. The molecule has 4 rings (SSSR count). The number of anilines is 1. The van der Waals surface area contributed by atoms with Gasteiger partial charge in [-0.1, -0.05) is 46.2 Å². The van der Waals surface area contributed by atoms with Crippen molar-refractivity contribution in [1.82, 2.24) is 25.1 Å². The number of para-hydroxylation sites is 1. The molecule has 162 valence electrons. The lowest BCUT2D eigenvalue weighted by atomic mass is 10.0. The smallest absolute Gasteiger partial charge is 0.244 e. The summed E-state index contributed by atoms with van der Waals surface area (Å²) >= 11 is 0. The van der Waals surface area contributed by atoms with E-state index in [0.29, 0.717) is 12.5 Å². The number of nitrogens with one attached hydrogen (secondary N) is 2. The molecule has 1 aromatic heterocycles. The van der Waals surface area contributed by atoms with Gasteiger partial charge in [-0.3, -0.25) is 14.6 Å². The van der Waals surface area contributed by atoms with Crippen molar-refractivity contribution in [1.29, 1.82) is 0 Å². The van der Waals surface area contributed by atoms with Crippen molar-refractivity contribution in [3.8, 4) is 0 Å². The van der Waals surface area contributed by atoms with Gasteiger partial charge in [0.2, 0.25) is 5.91 Å². The normalized spacial score (nSPS) is 24.2. The summed E-state index contributed by atoms with van der Waals surface area (Å²) in [4.78, 5) is 27.7. The Morgan fingerprint density at radius 2 is 1.93 bits per heavy atom. The summed E-state index contributed by atoms with van der Waals surface area (Å²) < 4.78 is 0. The highest BCUT2D eigenvalue weighted by molar-refractivity contribution is 5.92. The van der Waals surface area contributed by atoms with Crippen molar-refractivity contribution in [2.45, 2.75) is 52.9 Å². The van der Waals surface area contributed by atoms with Gasteiger partial charge in [0.15, 0.2) is 0 Å². The van der Waals surface area contributed by atoms with Crippen LogP contribution in [0.1, 0.15) is 39.9 Å². The lowest BCUT2D eigenvalue weighted by molar-refractivity contribution is -0.125. The number of hydrogen-bond acceptors (Lipinski definition) is 6. The summed E-state index contributed by atoms with van der Waals surface area (Å²) in [5.41, 5.74) is 0.917. The number of amides is 1. The van der Waals surface area contributed by atoms with Crippen LogP contribution in [0, 0.1) is 11.8 Å². The van der Waals surface area contributed by atoms with Gasteiger partial charge in [-0.2, -0.15) is 0 Å². The van der Waals surface area contributed by atoms with E-state index in [1.54, 1.807) is 0 Å². The quantitative estimate of drug-likeness (QED) is 0.807. The Morgan fingerprint density at radius 3 is 2.70 bits per heavy atom. The summed E-state index contributed by atoms with van der Waals surface area (Å²) in [6.07, 6.45) is 1.14. The highest BCUT2D eigenvalue weighted by Crippen LogP contribution is 2.24. The van der Waals surface area contributed by atoms with Gasteiger partial charge >= 0.3 is 0 Å². The van der Waals surface area contributed by atoms with Crippen molar-refractivity contribution >= 4 is 22.6 Å². The SMILES string of the molecule is CCC(C)CN1CCN2Cc3nc(c4ccccc4n3)N[C@@H](C(C)C)C(=O)NC2C1. The standard InChI is InChI=1S/C23H34N6O/c1-5-16(4)12-28-10-11-29-13-19-24-18-9-7-6-8-17(18)22(25-19)27-21(15(2)3)23(30)26-20(29)14-28/h6-9,15-16,20-21H,5,10-14H2,1-4H3,(H,26,30)(H,24,25,27)/t16?,20?,21-/m0/s1. The highest BCUT2D eigenvalue weighted by atomic mass is 16.2. The van der Waals surface area contributed by atoms with Crippen LogP contribution in [0.3, 0.4) is 0 Å². The van der Waals surface area contributed by atoms with Gasteiger partial charge in [0, 0.05) is 31.6 Å². The van der Waals surface area contributed by atoms with Gasteiger partial charge in [-0.15, -0.1) is 0 Å². The van der Waals surface area contributed by atoms with E-state index < -0.39 is 0 Å². The van der Waals surface area contributed by atoms with Crippen LogP contribution in [-0.2, 0) is 11.3 Å². The molecular weight excluding hydrogens is 376 g/mol. The van der Waals surface area contributed by atoms with E-state index >= 15 is 0 Å². The van der Waals surface area contributed by atoms with Gasteiger partial charge in [-0.25, -0.2) is 9.97 Å². The van der Waals surface area contributed by atoms with E-state index in [4.69, 9.17) is 9.97 Å². The number of piperazine rings is 1. The zero-order chi connectivity index (χ0) is 21.3. The predicted octanol–water partition coefficient (Wildman–Crippen LogP) is 2.69. The summed E-state index contributed by atoms with van der Waals surface area (Å²) in [5, 5.41) is 7.71. The maximum absolute atomic E-state index is 13.3. The third kappa shape index (κ3) is 4.42. The monoisotopic (exact) mass is 410 g/mol. The molecule has 1 aromatic carbocycles. The predicted molar refractivity (Wildman–Crippen MR) is 120 cm³/mol. The molecule has 2 N–H and O–H groups in total. The second-order valence-electron chi connectivity index (χ2n) is 9.14. The molecule has 1 saturated heterocycles. The molecule has 1 fully saturated rings. The molecule has 2 aliphatic heterocycles. The van der Waals surface area contributed by atoms with E-state index in [-0.39, 0.29) is 24.0 Å². The highest BCUT2D eigenvalue weighted by Gasteiger charge is 2.33. The molecule has 3 atom stereocenters. The Balaban J connectivity index is 1.68. The molecule has 3 heterocycles. The second kappa shape index (κ2) is 8.86. The zero-order valence-electron chi connectivity index (χ0n) is 18.6. The first-order chi connectivity index (χ1) is 14.4. The van der Waals surface area contributed by atoms with E-state index in [1.165, 1.54) is 6.42 Å². The van der Waals surface area contributed by atoms with Crippen LogP contribution < -0.4 is 10.6 Å². The average molecular weight is 411 g/mol. The van der Waals surface area contributed by atoms with E-state index in [2.05, 4.69) is 48.1 Å². The Bertz CT molecular complexity index is 900. The summed E-state index contributed by atoms with van der Waals surface area (Å²) in [5.74, 6) is 2.38. The Labute approximate surface area is 179 Å². The maximum atomic E-state index is 13.3. The number of benzene rings is 1. The lowest BCUT2D eigenvalue weighted by Gasteiger charge is -2.43. The molecule has 30 heavy (non-hydrogen) atoms. The number of aromatic nitrogens is 2. The van der Waals surface area contributed by atoms with Crippen LogP contribution in [0.2, 0.25) is 0 Å². The number of fused-ring (bicyclic) bond motifs is 5. The topological polar surface area (TPSA) is 73.4 Å². The fourth-order valence-corrected chi connectivity index (χ4v) is 4.36. The number of hydrogen-bond donors (Lipinski definition) is 2. The lowest BCUT2D eigenvalue weighted by Crippen LogP contribution is -2.62. The van der Waals surface area contributed by atoms with Gasteiger partial charge in [0.1, 0.15) is 17.7 Å². The van der Waals surface area contributed by atoms with Crippen LogP contribution in [0.15, 0.2) is 24.3 Å². The Kier molecular flexibility index (Phi) is 6.20. The minimum absolute atomic E-state index is 0.0324. The molecular formula is C23H34N6O. The molecule has 0 radical (unpaired) electrons. The molecule has 7 nitrogen and oxygen atoms in total. The fourth-order valence-electron chi connectivity index (χ4n) is 4.36. The van der Waals surface area contributed by atoms with Crippen LogP contribution in [0.25, 0.3) is 10.9 Å². The summed E-state index contributed by atoms with van der Waals surface area (Å²) in [6.45, 7) is 13.1. The fraction of sp³-hybridized carbons (Fsp3) is 0.609. The van der Waals surface area contributed by atoms with Crippen LogP contribution in [0.5, 0.6) is 0 Å². The number of carbonyl (C=O) groups excluding carboxylic acids is 1. The molecule has 1 amide bonds. The summed E-state index contributed by atoms with van der Waals surface area (Å²) in [7, 11) is 0. The van der Waals surface area contributed by atoms with Crippen molar-refractivity contribution in [3.63, 3.8) is 0 Å². The van der Waals surface area contributed by atoms with Crippen molar-refractivity contribution < 1.29 is 4.79 Å². The molecule has 0 spiro atoms. The molecule has 2 aliphatic rings. The molecule has 2 aromatic rings. The van der Waals surface area contributed by atoms with E-state index in [0.717, 1.165) is 48.7 Å². The minimum atomic E-state index is -0.346. The second-order valence-corrected chi connectivity index (χ2v) is 9.14. The van der Waals surface area contributed by atoms with Gasteiger partial charge in [0.25, 0.3) is 0 Å². The Hall–Kier alpha value is -2.25. The molecule has 7 heteroatoms. The first-order valence-corrected chi connectivity index (χ1v) is 11.2. The largest absolute Gasteiger partial charge is 0.358 e. The first-order valence-electron chi connectivity index (χ1n) is 11.2.